The fourth-order valence-corrected chi connectivity index (χ4v) is 4.89. The fraction of sp³-hybridized carbons (Fsp3) is 0.824. The number of hydrogen-bond acceptors (Lipinski definition) is 4. The minimum absolute atomic E-state index is 0.0306. The summed E-state index contributed by atoms with van der Waals surface area (Å²) in [6, 6.07) is -0.267. The molecule has 2 aliphatic heterocycles. The van der Waals surface area contributed by atoms with E-state index in [1.54, 1.807) is 11.8 Å². The van der Waals surface area contributed by atoms with E-state index in [4.69, 9.17) is 9.16 Å². The van der Waals surface area contributed by atoms with Gasteiger partial charge in [0.1, 0.15) is 6.10 Å². The number of rotatable bonds is 3. The maximum absolute atomic E-state index is 12.3. The molecule has 2 aliphatic rings. The molecule has 0 aliphatic carbocycles. The number of hydrogen-bond donors (Lipinski definition) is 1. The maximum atomic E-state index is 12.3. The lowest BCUT2D eigenvalue weighted by Crippen LogP contribution is -2.57. The van der Waals surface area contributed by atoms with Crippen molar-refractivity contribution in [3.8, 4) is 11.8 Å². The molecule has 1 amide bonds. The highest BCUT2D eigenvalue weighted by atomic mass is 79.9. The third kappa shape index (κ3) is 3.67. The molecule has 0 aromatic rings. The summed E-state index contributed by atoms with van der Waals surface area (Å²) >= 11 is 3.55. The second-order valence-corrected chi connectivity index (χ2v) is 13.8. The summed E-state index contributed by atoms with van der Waals surface area (Å²) in [4.78, 5) is 13.7. The molecule has 1 N–H and O–H groups in total. The molecule has 5 nitrogen and oxygen atoms in total. The average Bonchev–Trinajstić information content (AvgIpc) is 2.79. The van der Waals surface area contributed by atoms with Crippen molar-refractivity contribution in [1.29, 1.82) is 0 Å². The van der Waals surface area contributed by atoms with Crippen LogP contribution in [0, 0.1) is 11.8 Å². The Morgan fingerprint density at radius 1 is 1.46 bits per heavy atom. The predicted molar refractivity (Wildman–Crippen MR) is 99.6 cm³/mol. The van der Waals surface area contributed by atoms with E-state index in [9.17, 15) is 9.90 Å². The lowest BCUT2D eigenvalue weighted by molar-refractivity contribution is 0.0320. The first-order valence-corrected chi connectivity index (χ1v) is 12.2. The van der Waals surface area contributed by atoms with Crippen LogP contribution in [-0.4, -0.2) is 60.1 Å². The summed E-state index contributed by atoms with van der Waals surface area (Å²) in [6.45, 7) is 13.1. The minimum atomic E-state index is -2.08. The lowest BCUT2D eigenvalue weighted by atomic mass is 9.94. The molecule has 0 aromatic carbocycles. The van der Waals surface area contributed by atoms with Crippen LogP contribution in [0.2, 0.25) is 18.1 Å². The fourth-order valence-electron chi connectivity index (χ4n) is 2.86. The molecule has 2 heterocycles. The Morgan fingerprint density at radius 2 is 2.08 bits per heavy atom. The van der Waals surface area contributed by atoms with Crippen LogP contribution in [0.5, 0.6) is 0 Å². The maximum Gasteiger partial charge on any atom is 0.410 e. The van der Waals surface area contributed by atoms with Crippen molar-refractivity contribution >= 4 is 30.3 Å². The minimum Gasteiger partial charge on any atom is -0.440 e. The molecule has 2 saturated heterocycles. The molecule has 7 heteroatoms. The molecule has 0 spiro atoms. The molecule has 0 aromatic heterocycles. The van der Waals surface area contributed by atoms with E-state index in [2.05, 4.69) is 61.6 Å². The number of piperidine rings is 1. The second kappa shape index (κ2) is 6.98. The third-order valence-electron chi connectivity index (χ3n) is 5.34. The van der Waals surface area contributed by atoms with Gasteiger partial charge < -0.3 is 19.2 Å². The van der Waals surface area contributed by atoms with Gasteiger partial charge >= 0.3 is 6.09 Å². The normalized spacial score (nSPS) is 31.8. The van der Waals surface area contributed by atoms with Crippen molar-refractivity contribution in [3.63, 3.8) is 0 Å². The van der Waals surface area contributed by atoms with E-state index < -0.39 is 26.6 Å². The zero-order valence-corrected chi connectivity index (χ0v) is 17.9. The summed E-state index contributed by atoms with van der Waals surface area (Å²) in [5.74, 6) is 6.01. The van der Waals surface area contributed by atoms with Gasteiger partial charge in [-0.05, 0) is 31.5 Å². The van der Waals surface area contributed by atoms with Crippen LogP contribution in [-0.2, 0) is 9.16 Å². The number of carbonyl (C=O) groups excluding carboxylic acids is 1. The van der Waals surface area contributed by atoms with E-state index in [1.807, 2.05) is 0 Å². The number of halogens is 1. The van der Waals surface area contributed by atoms with Crippen molar-refractivity contribution in [2.24, 2.45) is 0 Å². The number of ether oxygens (including phenoxy) is 1. The number of amides is 1. The van der Waals surface area contributed by atoms with Gasteiger partial charge in [0.25, 0.3) is 0 Å². The molecular weight excluding hydrogens is 390 g/mol. The number of nitrogens with zero attached hydrogens (tertiary/aromatic N) is 1. The van der Waals surface area contributed by atoms with Crippen LogP contribution in [0.1, 0.15) is 34.1 Å². The summed E-state index contributed by atoms with van der Waals surface area (Å²) in [5, 5.41) is 10.2. The molecule has 5 atom stereocenters. The van der Waals surface area contributed by atoms with Gasteiger partial charge in [0.05, 0.1) is 17.0 Å². The topological polar surface area (TPSA) is 59.0 Å². The Hall–Kier alpha value is -0.553. The van der Waals surface area contributed by atoms with Gasteiger partial charge in [-0.15, -0.1) is 5.92 Å². The zero-order chi connectivity index (χ0) is 18.3. The van der Waals surface area contributed by atoms with Crippen LogP contribution in [0.3, 0.4) is 0 Å². The standard InChI is InChI=1S/C17H28BrNO4Si/c1-7-8-12(23-24(5,6)17(2,3)4)15-14-13(18)11(20)9-10-19(14)16(21)22-15/h11-15,20H,9-10H2,1-6H3/t11-,12-,13-,14-,15+/m0/s1. The van der Waals surface area contributed by atoms with Gasteiger partial charge in [0.2, 0.25) is 0 Å². The van der Waals surface area contributed by atoms with E-state index in [0.29, 0.717) is 13.0 Å². The smallest absolute Gasteiger partial charge is 0.410 e. The highest BCUT2D eigenvalue weighted by molar-refractivity contribution is 9.09. The number of aliphatic hydroxyl groups excluding tert-OH is 1. The van der Waals surface area contributed by atoms with Crippen LogP contribution >= 0.6 is 15.9 Å². The summed E-state index contributed by atoms with van der Waals surface area (Å²) in [7, 11) is -2.08. The van der Waals surface area contributed by atoms with Gasteiger partial charge in [0, 0.05) is 6.54 Å². The highest BCUT2D eigenvalue weighted by Gasteiger charge is 2.54. The van der Waals surface area contributed by atoms with Crippen molar-refractivity contribution in [2.45, 2.75) is 81.4 Å². The van der Waals surface area contributed by atoms with Crippen LogP contribution in [0.4, 0.5) is 4.79 Å². The van der Waals surface area contributed by atoms with E-state index >= 15 is 0 Å². The average molecular weight is 418 g/mol. The Balaban J connectivity index is 2.30. The van der Waals surface area contributed by atoms with Crippen LogP contribution in [0.15, 0.2) is 0 Å². The van der Waals surface area contributed by atoms with Gasteiger partial charge in [-0.2, -0.15) is 0 Å². The molecule has 2 fully saturated rings. The molecule has 2 rings (SSSR count). The van der Waals surface area contributed by atoms with Crippen molar-refractivity contribution in [3.05, 3.63) is 0 Å². The Kier molecular flexibility index (Phi) is 5.75. The Bertz CT molecular complexity index is 551. The molecule has 0 saturated carbocycles. The molecule has 0 unspecified atom stereocenters. The van der Waals surface area contributed by atoms with Crippen molar-refractivity contribution < 1.29 is 19.1 Å². The Morgan fingerprint density at radius 3 is 2.62 bits per heavy atom. The molecule has 0 radical (unpaired) electrons. The second-order valence-electron chi connectivity index (χ2n) is 8.03. The summed E-state index contributed by atoms with van der Waals surface area (Å²) in [6.07, 6.45) is -1.30. The Labute approximate surface area is 154 Å². The van der Waals surface area contributed by atoms with Gasteiger partial charge in [-0.3, -0.25) is 0 Å². The number of carbonyl (C=O) groups is 1. The number of alkyl halides is 1. The first kappa shape index (κ1) is 19.8. The molecule has 0 bridgehead atoms. The predicted octanol–water partition coefficient (Wildman–Crippen LogP) is 3.12. The SMILES string of the molecule is CC#C[C@H](O[Si](C)(C)C(C)(C)C)[C@H]1OC(=O)N2CC[C@H](O)[C@H](Br)[C@@H]12. The number of cyclic esters (lactones) is 1. The van der Waals surface area contributed by atoms with Crippen molar-refractivity contribution in [1.82, 2.24) is 4.90 Å². The van der Waals surface area contributed by atoms with E-state index in [0.717, 1.165) is 0 Å². The van der Waals surface area contributed by atoms with Crippen molar-refractivity contribution in [2.75, 3.05) is 6.54 Å². The summed E-state index contributed by atoms with van der Waals surface area (Å²) in [5.41, 5.74) is 0. The summed E-state index contributed by atoms with van der Waals surface area (Å²) < 4.78 is 12.1. The van der Waals surface area contributed by atoms with Gasteiger partial charge in [0.15, 0.2) is 14.4 Å². The van der Waals surface area contributed by atoms with Crippen LogP contribution in [0.25, 0.3) is 0 Å². The van der Waals surface area contributed by atoms with Gasteiger partial charge in [-0.1, -0.05) is 42.6 Å². The lowest BCUT2D eigenvalue weighted by Gasteiger charge is -2.41. The third-order valence-corrected chi connectivity index (χ3v) is 10.9. The highest BCUT2D eigenvalue weighted by Crippen LogP contribution is 2.40. The molecular formula is C17H28BrNO4Si. The zero-order valence-electron chi connectivity index (χ0n) is 15.3. The monoisotopic (exact) mass is 417 g/mol. The number of aliphatic hydroxyl groups is 1. The largest absolute Gasteiger partial charge is 0.440 e. The van der Waals surface area contributed by atoms with Crippen LogP contribution < -0.4 is 0 Å². The first-order valence-electron chi connectivity index (χ1n) is 8.39. The quantitative estimate of drug-likeness (QED) is 0.435. The van der Waals surface area contributed by atoms with E-state index in [-0.39, 0.29) is 22.0 Å². The number of fused-ring (bicyclic) bond motifs is 1. The molecule has 24 heavy (non-hydrogen) atoms. The van der Waals surface area contributed by atoms with Gasteiger partial charge in [-0.25, -0.2) is 4.79 Å². The first-order chi connectivity index (χ1) is 11.0. The van der Waals surface area contributed by atoms with E-state index in [1.165, 1.54) is 0 Å². The molecule has 136 valence electrons.